The molecular formula is C19H22N2O3S. The third-order valence-corrected chi connectivity index (χ3v) is 6.15. The molecular weight excluding hydrogens is 336 g/mol. The molecule has 6 heteroatoms. The average molecular weight is 358 g/mol. The molecule has 132 valence electrons. The number of benzene rings is 2. The number of amides is 1. The van der Waals surface area contributed by atoms with E-state index in [0.717, 1.165) is 18.4 Å². The lowest BCUT2D eigenvalue weighted by Crippen LogP contribution is -2.42. The largest absolute Gasteiger partial charge is 0.339 e. The van der Waals surface area contributed by atoms with E-state index in [0.29, 0.717) is 18.7 Å². The van der Waals surface area contributed by atoms with Crippen molar-refractivity contribution < 1.29 is 13.2 Å². The lowest BCUT2D eigenvalue weighted by atomic mass is 10.0. The number of sulfone groups is 1. The molecule has 0 atom stereocenters. The molecule has 1 aliphatic heterocycles. The van der Waals surface area contributed by atoms with E-state index in [9.17, 15) is 13.2 Å². The Hall–Kier alpha value is -2.18. The fourth-order valence-corrected chi connectivity index (χ4v) is 4.38. The van der Waals surface area contributed by atoms with E-state index in [1.165, 1.54) is 6.07 Å². The third kappa shape index (κ3) is 4.27. The minimum Gasteiger partial charge on any atom is -0.339 e. The van der Waals surface area contributed by atoms with Gasteiger partial charge in [0.25, 0.3) is 5.91 Å². The Labute approximate surface area is 148 Å². The lowest BCUT2D eigenvalue weighted by molar-refractivity contribution is 0.0714. The fourth-order valence-electron chi connectivity index (χ4n) is 2.98. The maximum atomic E-state index is 12.7. The lowest BCUT2D eigenvalue weighted by Gasteiger charge is -2.30. The summed E-state index contributed by atoms with van der Waals surface area (Å²) in [6, 6.07) is 15.5. The first-order valence-corrected chi connectivity index (χ1v) is 10.0. The molecule has 0 aromatic heterocycles. The van der Waals surface area contributed by atoms with Crippen LogP contribution in [0.1, 0.15) is 28.8 Å². The summed E-state index contributed by atoms with van der Waals surface area (Å²) in [5, 5.41) is 0. The van der Waals surface area contributed by atoms with Gasteiger partial charge in [-0.25, -0.2) is 8.42 Å². The molecule has 25 heavy (non-hydrogen) atoms. The van der Waals surface area contributed by atoms with Gasteiger partial charge in [0.05, 0.1) is 10.6 Å². The molecule has 2 N–H and O–H groups in total. The Balaban J connectivity index is 1.80. The molecule has 0 radical (unpaired) electrons. The number of hydrogen-bond donors (Lipinski definition) is 1. The van der Waals surface area contributed by atoms with E-state index in [2.05, 4.69) is 0 Å². The van der Waals surface area contributed by atoms with E-state index in [-0.39, 0.29) is 22.6 Å². The topological polar surface area (TPSA) is 80.5 Å². The van der Waals surface area contributed by atoms with Crippen molar-refractivity contribution in [2.24, 2.45) is 5.73 Å². The van der Waals surface area contributed by atoms with Crippen LogP contribution in [0, 0.1) is 0 Å². The predicted octanol–water partition coefficient (Wildman–Crippen LogP) is 2.22. The smallest absolute Gasteiger partial charge is 0.253 e. The molecule has 0 saturated carbocycles. The molecule has 3 rings (SSSR count). The van der Waals surface area contributed by atoms with Gasteiger partial charge in [0.2, 0.25) is 0 Å². The van der Waals surface area contributed by atoms with Crippen LogP contribution in [0.2, 0.25) is 0 Å². The van der Waals surface area contributed by atoms with Gasteiger partial charge in [-0.3, -0.25) is 4.79 Å². The van der Waals surface area contributed by atoms with Crippen molar-refractivity contribution in [1.82, 2.24) is 4.90 Å². The van der Waals surface area contributed by atoms with Crippen LogP contribution in [-0.4, -0.2) is 38.4 Å². The summed E-state index contributed by atoms with van der Waals surface area (Å²) in [7, 11) is -3.50. The highest BCUT2D eigenvalue weighted by Crippen LogP contribution is 2.20. The number of nitrogens with two attached hydrogens (primary N) is 1. The van der Waals surface area contributed by atoms with Gasteiger partial charge >= 0.3 is 0 Å². The maximum Gasteiger partial charge on any atom is 0.253 e. The summed E-state index contributed by atoms with van der Waals surface area (Å²) in [4.78, 5) is 14.6. The Morgan fingerprint density at radius 1 is 1.04 bits per heavy atom. The van der Waals surface area contributed by atoms with Crippen molar-refractivity contribution in [2.75, 3.05) is 13.1 Å². The molecule has 1 saturated heterocycles. The zero-order chi connectivity index (χ0) is 17.9. The van der Waals surface area contributed by atoms with Crippen molar-refractivity contribution in [3.63, 3.8) is 0 Å². The number of nitrogens with zero attached hydrogens (tertiary/aromatic N) is 1. The maximum absolute atomic E-state index is 12.7. The van der Waals surface area contributed by atoms with Gasteiger partial charge < -0.3 is 10.6 Å². The Morgan fingerprint density at radius 3 is 2.40 bits per heavy atom. The molecule has 0 aliphatic carbocycles. The summed E-state index contributed by atoms with van der Waals surface area (Å²) in [5.74, 6) is -0.215. The monoisotopic (exact) mass is 358 g/mol. The van der Waals surface area contributed by atoms with Crippen molar-refractivity contribution in [2.45, 2.75) is 29.5 Å². The molecule has 1 amide bonds. The molecule has 0 spiro atoms. The summed E-state index contributed by atoms with van der Waals surface area (Å²) in [5.41, 5.74) is 7.01. The predicted molar refractivity (Wildman–Crippen MR) is 96.9 cm³/mol. The Bertz CT molecular complexity index is 842. The number of carbonyl (C=O) groups excluding carboxylic acids is 1. The summed E-state index contributed by atoms with van der Waals surface area (Å²) < 4.78 is 25.3. The Morgan fingerprint density at radius 2 is 1.72 bits per heavy atom. The van der Waals surface area contributed by atoms with E-state index in [1.807, 2.05) is 18.2 Å². The van der Waals surface area contributed by atoms with Crippen LogP contribution in [-0.2, 0) is 15.6 Å². The van der Waals surface area contributed by atoms with Crippen LogP contribution in [0.3, 0.4) is 0 Å². The summed E-state index contributed by atoms with van der Waals surface area (Å²) in [6.45, 7) is 1.22. The number of carbonyl (C=O) groups is 1. The number of likely N-dealkylation sites (tertiary alicyclic amines) is 1. The minimum atomic E-state index is -3.50. The van der Waals surface area contributed by atoms with E-state index >= 15 is 0 Å². The van der Waals surface area contributed by atoms with Crippen molar-refractivity contribution in [3.8, 4) is 0 Å². The van der Waals surface area contributed by atoms with Crippen molar-refractivity contribution in [3.05, 3.63) is 65.7 Å². The first-order chi connectivity index (χ1) is 12.0. The standard InChI is InChI=1S/C19H22N2O3S/c20-17-9-11-21(12-10-17)19(22)16-7-4-8-18(13-16)25(23,24)14-15-5-2-1-3-6-15/h1-8,13,17H,9-12,14,20H2. The number of piperidine rings is 1. The van der Waals surface area contributed by atoms with Crippen LogP contribution in [0.15, 0.2) is 59.5 Å². The second-order valence-electron chi connectivity index (χ2n) is 6.40. The van der Waals surface area contributed by atoms with Gasteiger partial charge in [0.15, 0.2) is 9.84 Å². The minimum absolute atomic E-state index is 0.0793. The summed E-state index contributed by atoms with van der Waals surface area (Å²) >= 11 is 0. The Kier molecular flexibility index (Phi) is 5.20. The third-order valence-electron chi connectivity index (χ3n) is 4.47. The van der Waals surface area contributed by atoms with Gasteiger partial charge in [-0.1, -0.05) is 36.4 Å². The first-order valence-electron chi connectivity index (χ1n) is 8.37. The van der Waals surface area contributed by atoms with Crippen LogP contribution in [0.5, 0.6) is 0 Å². The first kappa shape index (κ1) is 17.6. The zero-order valence-electron chi connectivity index (χ0n) is 14.0. The highest BCUT2D eigenvalue weighted by molar-refractivity contribution is 7.90. The number of rotatable bonds is 4. The van der Waals surface area contributed by atoms with Crippen LogP contribution in [0.25, 0.3) is 0 Å². The van der Waals surface area contributed by atoms with Gasteiger partial charge in [-0.2, -0.15) is 0 Å². The van der Waals surface area contributed by atoms with Crippen molar-refractivity contribution >= 4 is 15.7 Å². The number of hydrogen-bond acceptors (Lipinski definition) is 4. The average Bonchev–Trinajstić information content (AvgIpc) is 2.62. The summed E-state index contributed by atoms with van der Waals surface area (Å²) in [6.07, 6.45) is 1.55. The quantitative estimate of drug-likeness (QED) is 0.909. The van der Waals surface area contributed by atoms with Gasteiger partial charge in [0.1, 0.15) is 0 Å². The van der Waals surface area contributed by atoms with Gasteiger partial charge in [-0.05, 0) is 36.6 Å². The van der Waals surface area contributed by atoms with Gasteiger partial charge in [0, 0.05) is 24.7 Å². The molecule has 0 bridgehead atoms. The van der Waals surface area contributed by atoms with Crippen LogP contribution < -0.4 is 5.73 Å². The van der Waals surface area contributed by atoms with E-state index in [1.54, 1.807) is 35.2 Å². The molecule has 2 aromatic rings. The molecule has 5 nitrogen and oxygen atoms in total. The highest BCUT2D eigenvalue weighted by atomic mass is 32.2. The van der Waals surface area contributed by atoms with E-state index in [4.69, 9.17) is 5.73 Å². The molecule has 1 aliphatic rings. The fraction of sp³-hybridized carbons (Fsp3) is 0.316. The van der Waals surface area contributed by atoms with Crippen LogP contribution >= 0.6 is 0 Å². The molecule has 1 fully saturated rings. The normalized spacial score (nSPS) is 16.0. The van der Waals surface area contributed by atoms with Crippen LogP contribution in [0.4, 0.5) is 0 Å². The SMILES string of the molecule is NC1CCN(C(=O)c2cccc(S(=O)(=O)Cc3ccccc3)c2)CC1. The second-order valence-corrected chi connectivity index (χ2v) is 8.39. The molecule has 2 aromatic carbocycles. The molecule has 1 heterocycles. The zero-order valence-corrected chi connectivity index (χ0v) is 14.8. The highest BCUT2D eigenvalue weighted by Gasteiger charge is 2.23. The second kappa shape index (κ2) is 7.37. The van der Waals surface area contributed by atoms with Gasteiger partial charge in [-0.15, -0.1) is 0 Å². The van der Waals surface area contributed by atoms with Crippen molar-refractivity contribution in [1.29, 1.82) is 0 Å². The van der Waals surface area contributed by atoms with E-state index < -0.39 is 9.84 Å². The molecule has 0 unspecified atom stereocenters.